The van der Waals surface area contributed by atoms with Crippen molar-refractivity contribution in [3.8, 4) is 5.75 Å². The summed E-state index contributed by atoms with van der Waals surface area (Å²) in [5.41, 5.74) is 1.89. The number of aromatic nitrogens is 1. The molecule has 0 spiro atoms. The number of halogens is 1. The Morgan fingerprint density at radius 2 is 2.26 bits per heavy atom. The van der Waals surface area contributed by atoms with E-state index in [0.717, 1.165) is 10.0 Å². The van der Waals surface area contributed by atoms with Crippen LogP contribution < -0.4 is 0 Å². The molecule has 1 aromatic heterocycles. The third-order valence-electron chi connectivity index (χ3n) is 2.48. The van der Waals surface area contributed by atoms with Crippen LogP contribution in [-0.2, 0) is 5.75 Å². The van der Waals surface area contributed by atoms with Crippen molar-refractivity contribution in [1.29, 1.82) is 0 Å². The van der Waals surface area contributed by atoms with Crippen molar-refractivity contribution in [2.45, 2.75) is 23.9 Å². The number of carbonyl (C=O) groups excluding carboxylic acids is 1. The lowest BCUT2D eigenvalue weighted by Gasteiger charge is -2.08. The van der Waals surface area contributed by atoms with E-state index in [9.17, 15) is 9.90 Å². The van der Waals surface area contributed by atoms with Crippen LogP contribution in [-0.4, -0.2) is 15.9 Å². The van der Waals surface area contributed by atoms with E-state index in [4.69, 9.17) is 11.6 Å². The normalized spacial score (nSPS) is 10.7. The van der Waals surface area contributed by atoms with Crippen molar-refractivity contribution >= 4 is 40.5 Å². The van der Waals surface area contributed by atoms with E-state index in [-0.39, 0.29) is 17.1 Å². The molecule has 0 saturated heterocycles. The van der Waals surface area contributed by atoms with E-state index in [1.807, 2.05) is 12.3 Å². The van der Waals surface area contributed by atoms with Gasteiger partial charge in [0.05, 0.1) is 5.56 Å². The second-order valence-corrected chi connectivity index (χ2v) is 6.58. The number of benzene rings is 1. The summed E-state index contributed by atoms with van der Waals surface area (Å²) in [4.78, 5) is 15.7. The van der Waals surface area contributed by atoms with Crippen molar-refractivity contribution in [2.24, 2.45) is 0 Å². The molecule has 1 aromatic carbocycles. The van der Waals surface area contributed by atoms with Gasteiger partial charge in [-0.15, -0.1) is 11.3 Å². The van der Waals surface area contributed by atoms with E-state index in [1.165, 1.54) is 24.8 Å². The van der Waals surface area contributed by atoms with Gasteiger partial charge in [-0.3, -0.25) is 4.79 Å². The van der Waals surface area contributed by atoms with Gasteiger partial charge in [-0.1, -0.05) is 23.4 Å². The average molecular weight is 314 g/mol. The van der Waals surface area contributed by atoms with Gasteiger partial charge in [0.15, 0.2) is 5.78 Å². The van der Waals surface area contributed by atoms with E-state index >= 15 is 0 Å². The van der Waals surface area contributed by atoms with E-state index in [2.05, 4.69) is 4.98 Å². The summed E-state index contributed by atoms with van der Waals surface area (Å²) >= 11 is 9.04. The van der Waals surface area contributed by atoms with Crippen LogP contribution in [0.3, 0.4) is 0 Å². The van der Waals surface area contributed by atoms with E-state index in [0.29, 0.717) is 16.3 Å². The average Bonchev–Trinajstić information content (AvgIpc) is 2.75. The molecular weight excluding hydrogens is 302 g/mol. The second-order valence-electron chi connectivity index (χ2n) is 4.06. The molecule has 0 radical (unpaired) electrons. The van der Waals surface area contributed by atoms with Gasteiger partial charge in [0.2, 0.25) is 0 Å². The number of hydrogen-bond donors (Lipinski definition) is 1. The highest BCUT2D eigenvalue weighted by atomic mass is 35.5. The Morgan fingerprint density at radius 3 is 2.84 bits per heavy atom. The van der Waals surface area contributed by atoms with Crippen LogP contribution in [0.25, 0.3) is 0 Å². The van der Waals surface area contributed by atoms with Gasteiger partial charge < -0.3 is 5.11 Å². The summed E-state index contributed by atoms with van der Waals surface area (Å²) < 4.78 is 0.932. The first-order valence-corrected chi connectivity index (χ1v) is 7.79. The number of phenolic OH excluding ortho intramolecular Hbond substituents is 1. The minimum Gasteiger partial charge on any atom is -0.507 e. The van der Waals surface area contributed by atoms with Crippen molar-refractivity contribution in [3.63, 3.8) is 0 Å². The number of thioether (sulfide) groups is 1. The molecule has 0 atom stereocenters. The maximum atomic E-state index is 11.4. The molecule has 0 fully saturated rings. The first kappa shape index (κ1) is 14.4. The molecule has 0 aliphatic carbocycles. The predicted molar refractivity (Wildman–Crippen MR) is 79.5 cm³/mol. The van der Waals surface area contributed by atoms with Crippen molar-refractivity contribution < 1.29 is 9.90 Å². The fourth-order valence-corrected chi connectivity index (χ4v) is 3.63. The second kappa shape index (κ2) is 5.94. The molecule has 19 heavy (non-hydrogen) atoms. The smallest absolute Gasteiger partial charge is 0.163 e. The number of aromatic hydroxyl groups is 1. The summed E-state index contributed by atoms with van der Waals surface area (Å²) in [5.74, 6) is 0.341. The first-order chi connectivity index (χ1) is 8.97. The van der Waals surface area contributed by atoms with Gasteiger partial charge in [-0.2, -0.15) is 0 Å². The van der Waals surface area contributed by atoms with Crippen LogP contribution in [0.4, 0.5) is 0 Å². The quantitative estimate of drug-likeness (QED) is 0.675. The SMILES string of the molecule is CC(=O)c1cc(Cl)cc(CSc2nc(C)cs2)c1O. The molecule has 0 aliphatic rings. The molecule has 2 aromatic rings. The minimum absolute atomic E-state index is 0.0117. The number of hydrogen-bond acceptors (Lipinski definition) is 5. The Hall–Kier alpha value is -1.04. The Balaban J connectivity index is 2.22. The number of rotatable bonds is 4. The Kier molecular flexibility index (Phi) is 4.50. The Labute approximate surface area is 124 Å². The van der Waals surface area contributed by atoms with Crippen LogP contribution in [0.2, 0.25) is 5.02 Å². The zero-order valence-corrected chi connectivity index (χ0v) is 12.8. The van der Waals surface area contributed by atoms with Crippen molar-refractivity contribution in [2.75, 3.05) is 0 Å². The van der Waals surface area contributed by atoms with Gasteiger partial charge in [0.1, 0.15) is 10.1 Å². The zero-order chi connectivity index (χ0) is 14.0. The highest BCUT2D eigenvalue weighted by Crippen LogP contribution is 2.33. The van der Waals surface area contributed by atoms with E-state index in [1.54, 1.807) is 17.4 Å². The highest BCUT2D eigenvalue weighted by molar-refractivity contribution is 8.00. The summed E-state index contributed by atoms with van der Waals surface area (Å²) in [7, 11) is 0. The molecule has 1 N–H and O–H groups in total. The molecule has 100 valence electrons. The molecule has 0 saturated carbocycles. The van der Waals surface area contributed by atoms with Gasteiger partial charge in [-0.25, -0.2) is 4.98 Å². The van der Waals surface area contributed by atoms with Gasteiger partial charge >= 0.3 is 0 Å². The topological polar surface area (TPSA) is 50.2 Å². The lowest BCUT2D eigenvalue weighted by atomic mass is 10.1. The predicted octanol–water partition coefficient (Wildman–Crippen LogP) is 4.31. The standard InChI is InChI=1S/C13H12ClNO2S2/c1-7-5-18-13(15-7)19-6-9-3-10(14)4-11(8(2)16)12(9)17/h3-5,17H,6H2,1-2H3. The highest BCUT2D eigenvalue weighted by Gasteiger charge is 2.13. The lowest BCUT2D eigenvalue weighted by Crippen LogP contribution is -1.96. The van der Waals surface area contributed by atoms with E-state index < -0.39 is 0 Å². The number of nitrogens with zero attached hydrogens (tertiary/aromatic N) is 1. The van der Waals surface area contributed by atoms with Crippen LogP contribution in [0.5, 0.6) is 5.75 Å². The molecular formula is C13H12ClNO2S2. The summed E-state index contributed by atoms with van der Waals surface area (Å²) in [5, 5.41) is 12.5. The number of Topliss-reactive ketones (excluding diaryl/α,β-unsaturated/α-hetero) is 1. The third-order valence-corrected chi connectivity index (χ3v) is 4.89. The molecule has 6 heteroatoms. The number of ketones is 1. The molecule has 2 rings (SSSR count). The number of thiazole rings is 1. The maximum Gasteiger partial charge on any atom is 0.163 e. The van der Waals surface area contributed by atoms with Crippen LogP contribution in [0.15, 0.2) is 21.9 Å². The first-order valence-electron chi connectivity index (χ1n) is 5.54. The molecule has 0 unspecified atom stereocenters. The molecule has 0 amide bonds. The molecule has 3 nitrogen and oxygen atoms in total. The van der Waals surface area contributed by atoms with Gasteiger partial charge in [-0.05, 0) is 26.0 Å². The van der Waals surface area contributed by atoms with Gasteiger partial charge in [0, 0.05) is 27.4 Å². The molecule has 0 bridgehead atoms. The maximum absolute atomic E-state index is 11.4. The fraction of sp³-hybridized carbons (Fsp3) is 0.231. The largest absolute Gasteiger partial charge is 0.507 e. The lowest BCUT2D eigenvalue weighted by molar-refractivity contribution is 0.101. The summed E-state index contributed by atoms with van der Waals surface area (Å²) in [6, 6.07) is 3.16. The summed E-state index contributed by atoms with van der Waals surface area (Å²) in [6.07, 6.45) is 0. The Bertz CT molecular complexity index is 625. The summed E-state index contributed by atoms with van der Waals surface area (Å²) in [6.45, 7) is 3.35. The minimum atomic E-state index is -0.198. The monoisotopic (exact) mass is 313 g/mol. The Morgan fingerprint density at radius 1 is 1.53 bits per heavy atom. The molecule has 0 aliphatic heterocycles. The fourth-order valence-electron chi connectivity index (χ4n) is 1.57. The van der Waals surface area contributed by atoms with Crippen LogP contribution in [0, 0.1) is 6.92 Å². The third kappa shape index (κ3) is 3.49. The number of aryl methyl sites for hydroxylation is 1. The van der Waals surface area contributed by atoms with Gasteiger partial charge in [0.25, 0.3) is 0 Å². The zero-order valence-electron chi connectivity index (χ0n) is 10.4. The number of phenols is 1. The van der Waals surface area contributed by atoms with Crippen molar-refractivity contribution in [1.82, 2.24) is 4.98 Å². The van der Waals surface area contributed by atoms with Crippen molar-refractivity contribution in [3.05, 3.63) is 39.4 Å². The molecule has 1 heterocycles. The van der Waals surface area contributed by atoms with Crippen LogP contribution in [0.1, 0.15) is 28.5 Å². The number of carbonyl (C=O) groups is 1. The van der Waals surface area contributed by atoms with Crippen LogP contribution >= 0.6 is 34.7 Å².